The maximum absolute atomic E-state index is 12.3. The van der Waals surface area contributed by atoms with Gasteiger partial charge in [-0.25, -0.2) is 10.2 Å². The van der Waals surface area contributed by atoms with Crippen LogP contribution in [0.25, 0.3) is 0 Å². The molecule has 0 spiro atoms. The van der Waals surface area contributed by atoms with Gasteiger partial charge in [0.2, 0.25) is 0 Å². The van der Waals surface area contributed by atoms with Crippen LogP contribution in [0.4, 0.5) is 0 Å². The van der Waals surface area contributed by atoms with Crippen molar-refractivity contribution in [3.63, 3.8) is 0 Å². The van der Waals surface area contributed by atoms with E-state index in [2.05, 4.69) is 17.5 Å². The first-order valence-corrected chi connectivity index (χ1v) is 11.7. The first-order valence-electron chi connectivity index (χ1n) is 11.7. The van der Waals surface area contributed by atoms with Gasteiger partial charge in [0.1, 0.15) is 17.2 Å². The SMILES string of the molecule is CCCCOc1ccc(C(=O)NN=Cc2ccc(OC(=O)c3ccc(OCCC)cc3)cc2)cc1. The predicted octanol–water partition coefficient (Wildman–Crippen LogP) is 5.64. The predicted molar refractivity (Wildman–Crippen MR) is 136 cm³/mol. The Bertz CT molecular complexity index is 1110. The maximum atomic E-state index is 12.3. The Labute approximate surface area is 205 Å². The summed E-state index contributed by atoms with van der Waals surface area (Å²) in [7, 11) is 0. The number of benzene rings is 3. The number of amides is 1. The van der Waals surface area contributed by atoms with Crippen LogP contribution < -0.4 is 19.6 Å². The second-order valence-corrected chi connectivity index (χ2v) is 7.76. The van der Waals surface area contributed by atoms with Gasteiger partial charge in [-0.2, -0.15) is 5.10 Å². The third-order valence-electron chi connectivity index (χ3n) is 4.92. The van der Waals surface area contributed by atoms with Crippen LogP contribution in [0.5, 0.6) is 17.2 Å². The summed E-state index contributed by atoms with van der Waals surface area (Å²) in [6, 6.07) is 20.6. The highest BCUT2D eigenvalue weighted by atomic mass is 16.5. The maximum Gasteiger partial charge on any atom is 0.343 e. The summed E-state index contributed by atoms with van der Waals surface area (Å²) in [5.74, 6) is 1.08. The van der Waals surface area contributed by atoms with Gasteiger partial charge in [-0.1, -0.05) is 20.3 Å². The largest absolute Gasteiger partial charge is 0.494 e. The highest BCUT2D eigenvalue weighted by Crippen LogP contribution is 2.17. The summed E-state index contributed by atoms with van der Waals surface area (Å²) in [6.45, 7) is 5.42. The molecule has 1 N–H and O–H groups in total. The van der Waals surface area contributed by atoms with E-state index >= 15 is 0 Å². The zero-order valence-electron chi connectivity index (χ0n) is 20.0. The van der Waals surface area contributed by atoms with E-state index < -0.39 is 5.97 Å². The molecular weight excluding hydrogens is 444 g/mol. The molecule has 7 nitrogen and oxygen atoms in total. The van der Waals surface area contributed by atoms with E-state index in [4.69, 9.17) is 14.2 Å². The number of hydrogen-bond acceptors (Lipinski definition) is 6. The molecule has 0 aliphatic heterocycles. The Balaban J connectivity index is 1.47. The molecule has 182 valence electrons. The number of ether oxygens (including phenoxy) is 3. The fourth-order valence-electron chi connectivity index (χ4n) is 2.96. The summed E-state index contributed by atoms with van der Waals surface area (Å²) in [5.41, 5.74) is 4.15. The Morgan fingerprint density at radius 2 is 1.31 bits per heavy atom. The van der Waals surface area contributed by atoms with Crippen LogP contribution in [0.3, 0.4) is 0 Å². The number of rotatable bonds is 12. The van der Waals surface area contributed by atoms with Crippen LogP contribution in [0.2, 0.25) is 0 Å². The first kappa shape index (κ1) is 25.5. The third kappa shape index (κ3) is 8.30. The molecule has 0 bridgehead atoms. The minimum atomic E-state index is -0.456. The number of carbonyl (C=O) groups is 2. The number of unbranched alkanes of at least 4 members (excludes halogenated alkanes) is 1. The molecule has 0 heterocycles. The molecule has 0 aliphatic carbocycles. The highest BCUT2D eigenvalue weighted by Gasteiger charge is 2.09. The smallest absolute Gasteiger partial charge is 0.343 e. The molecule has 3 aromatic rings. The summed E-state index contributed by atoms with van der Waals surface area (Å²) >= 11 is 0. The van der Waals surface area contributed by atoms with Gasteiger partial charge in [0.25, 0.3) is 5.91 Å². The van der Waals surface area contributed by atoms with Crippen molar-refractivity contribution in [2.75, 3.05) is 13.2 Å². The van der Waals surface area contributed by atoms with Crippen LogP contribution in [0.1, 0.15) is 59.4 Å². The van der Waals surface area contributed by atoms with E-state index in [1.807, 2.05) is 6.92 Å². The molecule has 3 rings (SSSR count). The van der Waals surface area contributed by atoms with Crippen LogP contribution >= 0.6 is 0 Å². The quantitative estimate of drug-likeness (QED) is 0.121. The highest BCUT2D eigenvalue weighted by molar-refractivity contribution is 5.95. The molecule has 35 heavy (non-hydrogen) atoms. The minimum absolute atomic E-state index is 0.321. The summed E-state index contributed by atoms with van der Waals surface area (Å²) in [4.78, 5) is 24.6. The van der Waals surface area contributed by atoms with Gasteiger partial charge in [-0.15, -0.1) is 0 Å². The normalized spacial score (nSPS) is 10.7. The number of hydrogen-bond donors (Lipinski definition) is 1. The Morgan fingerprint density at radius 3 is 1.91 bits per heavy atom. The zero-order valence-corrected chi connectivity index (χ0v) is 20.0. The fourth-order valence-corrected chi connectivity index (χ4v) is 2.96. The van der Waals surface area contributed by atoms with Crippen LogP contribution in [0, 0.1) is 0 Å². The number of carbonyl (C=O) groups excluding carboxylic acids is 2. The molecule has 0 aliphatic rings. The summed E-state index contributed by atoms with van der Waals surface area (Å²) in [6.07, 6.45) is 4.49. The summed E-state index contributed by atoms with van der Waals surface area (Å²) in [5, 5.41) is 3.99. The molecule has 0 saturated heterocycles. The molecule has 0 atom stereocenters. The van der Waals surface area contributed by atoms with E-state index in [1.54, 1.807) is 72.8 Å². The molecule has 1 amide bonds. The molecular formula is C28H30N2O5. The number of esters is 1. The molecule has 0 aromatic heterocycles. The molecule has 0 unspecified atom stereocenters. The van der Waals surface area contributed by atoms with E-state index in [0.29, 0.717) is 35.8 Å². The lowest BCUT2D eigenvalue weighted by Crippen LogP contribution is -2.17. The van der Waals surface area contributed by atoms with Crippen molar-refractivity contribution in [2.45, 2.75) is 33.1 Å². The van der Waals surface area contributed by atoms with E-state index in [1.165, 1.54) is 6.21 Å². The number of nitrogens with zero attached hydrogens (tertiary/aromatic N) is 1. The van der Waals surface area contributed by atoms with Crippen molar-refractivity contribution >= 4 is 18.1 Å². The van der Waals surface area contributed by atoms with Crippen LogP contribution in [0.15, 0.2) is 77.9 Å². The van der Waals surface area contributed by atoms with E-state index in [-0.39, 0.29) is 5.91 Å². The Hall–Kier alpha value is -4.13. The lowest BCUT2D eigenvalue weighted by Gasteiger charge is -2.07. The van der Waals surface area contributed by atoms with Gasteiger partial charge in [0, 0.05) is 5.56 Å². The molecule has 0 fully saturated rings. The summed E-state index contributed by atoms with van der Waals surface area (Å²) < 4.78 is 16.5. The average molecular weight is 475 g/mol. The van der Waals surface area contributed by atoms with E-state index in [9.17, 15) is 9.59 Å². The lowest BCUT2D eigenvalue weighted by atomic mass is 10.2. The van der Waals surface area contributed by atoms with Gasteiger partial charge in [-0.05, 0) is 91.2 Å². The number of hydrazone groups is 1. The Morgan fingerprint density at radius 1 is 0.743 bits per heavy atom. The van der Waals surface area contributed by atoms with Gasteiger partial charge in [-0.3, -0.25) is 4.79 Å². The second-order valence-electron chi connectivity index (χ2n) is 7.76. The van der Waals surface area contributed by atoms with Gasteiger partial charge >= 0.3 is 5.97 Å². The lowest BCUT2D eigenvalue weighted by molar-refractivity contribution is 0.0734. The molecule has 7 heteroatoms. The van der Waals surface area contributed by atoms with Crippen molar-refractivity contribution in [1.29, 1.82) is 0 Å². The third-order valence-corrected chi connectivity index (χ3v) is 4.92. The standard InChI is InChI=1S/C28H30N2O5/c1-3-5-19-34-25-14-8-22(9-15-25)27(31)30-29-20-21-6-12-26(13-7-21)35-28(32)23-10-16-24(17-11-23)33-18-4-2/h6-17,20H,3-5,18-19H2,1-2H3,(H,30,31). The van der Waals surface area contributed by atoms with E-state index in [0.717, 1.165) is 30.6 Å². The van der Waals surface area contributed by atoms with Crippen LogP contribution in [-0.2, 0) is 0 Å². The van der Waals surface area contributed by atoms with Crippen molar-refractivity contribution < 1.29 is 23.8 Å². The zero-order chi connectivity index (χ0) is 24.9. The molecule has 0 saturated carbocycles. The van der Waals surface area contributed by atoms with Crippen molar-refractivity contribution in [3.05, 3.63) is 89.5 Å². The second kappa shape index (κ2) is 13.5. The molecule has 0 radical (unpaired) electrons. The Kier molecular flexibility index (Phi) is 9.87. The van der Waals surface area contributed by atoms with Gasteiger partial charge < -0.3 is 14.2 Å². The monoisotopic (exact) mass is 474 g/mol. The fraction of sp³-hybridized carbons (Fsp3) is 0.250. The number of nitrogens with one attached hydrogen (secondary N) is 1. The van der Waals surface area contributed by atoms with Crippen molar-refractivity contribution in [2.24, 2.45) is 5.10 Å². The van der Waals surface area contributed by atoms with Gasteiger partial charge in [0.15, 0.2) is 0 Å². The molecule has 3 aromatic carbocycles. The van der Waals surface area contributed by atoms with Crippen molar-refractivity contribution in [1.82, 2.24) is 5.43 Å². The van der Waals surface area contributed by atoms with Gasteiger partial charge in [0.05, 0.1) is 25.0 Å². The minimum Gasteiger partial charge on any atom is -0.494 e. The van der Waals surface area contributed by atoms with Crippen molar-refractivity contribution in [3.8, 4) is 17.2 Å². The first-order chi connectivity index (χ1) is 17.1. The average Bonchev–Trinajstić information content (AvgIpc) is 2.89. The topological polar surface area (TPSA) is 86.2 Å². The van der Waals surface area contributed by atoms with Crippen LogP contribution in [-0.4, -0.2) is 31.3 Å².